The number of methoxy groups -OCH3 is 1. The van der Waals surface area contributed by atoms with Crippen molar-refractivity contribution in [2.24, 2.45) is 5.73 Å². The van der Waals surface area contributed by atoms with E-state index in [9.17, 15) is 14.7 Å². The average Bonchev–Trinajstić information content (AvgIpc) is 2.37. The van der Waals surface area contributed by atoms with Gasteiger partial charge >= 0.3 is 0 Å². The highest BCUT2D eigenvalue weighted by molar-refractivity contribution is 5.94. The van der Waals surface area contributed by atoms with Crippen LogP contribution in [0.25, 0.3) is 5.69 Å². The quantitative estimate of drug-likeness (QED) is 0.889. The number of aromatic hydroxyl groups is 1. The van der Waals surface area contributed by atoms with Crippen molar-refractivity contribution < 1.29 is 14.6 Å². The van der Waals surface area contributed by atoms with E-state index in [1.807, 2.05) is 13.0 Å². The molecule has 0 bridgehead atoms. The predicted octanol–water partition coefficient (Wildman–Crippen LogP) is 1.27. The van der Waals surface area contributed by atoms with Crippen molar-refractivity contribution in [2.45, 2.75) is 13.8 Å². The molecule has 0 saturated heterocycles. The van der Waals surface area contributed by atoms with Gasteiger partial charge in [-0.1, -0.05) is 6.07 Å². The highest BCUT2D eigenvalue weighted by atomic mass is 16.5. The summed E-state index contributed by atoms with van der Waals surface area (Å²) in [5.41, 5.74) is 5.96. The second-order valence-electron chi connectivity index (χ2n) is 4.74. The van der Waals surface area contributed by atoms with Gasteiger partial charge in [0.25, 0.3) is 11.5 Å². The molecule has 110 valence electrons. The molecule has 6 nitrogen and oxygen atoms in total. The molecule has 21 heavy (non-hydrogen) atoms. The molecule has 1 aromatic carbocycles. The molecular weight excluding hydrogens is 272 g/mol. The second-order valence-corrected chi connectivity index (χ2v) is 4.74. The molecule has 0 radical (unpaired) electrons. The Kier molecular flexibility index (Phi) is 3.71. The summed E-state index contributed by atoms with van der Waals surface area (Å²) < 4.78 is 6.22. The van der Waals surface area contributed by atoms with Gasteiger partial charge in [0.2, 0.25) is 0 Å². The smallest absolute Gasteiger partial charge is 0.271 e. The first-order valence-corrected chi connectivity index (χ1v) is 6.27. The first kappa shape index (κ1) is 14.6. The summed E-state index contributed by atoms with van der Waals surface area (Å²) in [5.74, 6) is -0.721. The van der Waals surface area contributed by atoms with Gasteiger partial charge in [-0.25, -0.2) is 4.57 Å². The van der Waals surface area contributed by atoms with E-state index in [1.54, 1.807) is 19.1 Å². The van der Waals surface area contributed by atoms with Gasteiger partial charge in [0, 0.05) is 6.07 Å². The molecule has 1 heterocycles. The van der Waals surface area contributed by atoms with E-state index >= 15 is 0 Å². The van der Waals surface area contributed by atoms with Gasteiger partial charge in [-0.05, 0) is 37.1 Å². The first-order chi connectivity index (χ1) is 9.86. The molecule has 0 spiro atoms. The zero-order valence-corrected chi connectivity index (χ0v) is 12.0. The number of pyridine rings is 1. The number of carbonyl (C=O) groups is 1. The summed E-state index contributed by atoms with van der Waals surface area (Å²) in [5, 5.41) is 10.1. The zero-order chi connectivity index (χ0) is 15.7. The molecule has 2 aromatic rings. The monoisotopic (exact) mass is 288 g/mol. The predicted molar refractivity (Wildman–Crippen MR) is 78.2 cm³/mol. The SMILES string of the molecule is COc1ccc(C)cc1-n1c(O)cc(C)c(C(N)=O)c1=O. The minimum Gasteiger partial charge on any atom is -0.495 e. The highest BCUT2D eigenvalue weighted by Crippen LogP contribution is 2.27. The average molecular weight is 288 g/mol. The van der Waals surface area contributed by atoms with Crippen LogP contribution in [0, 0.1) is 13.8 Å². The largest absolute Gasteiger partial charge is 0.495 e. The van der Waals surface area contributed by atoms with E-state index < -0.39 is 11.5 Å². The van der Waals surface area contributed by atoms with Crippen molar-refractivity contribution in [3.63, 3.8) is 0 Å². The van der Waals surface area contributed by atoms with Crippen molar-refractivity contribution >= 4 is 5.91 Å². The maximum Gasteiger partial charge on any atom is 0.271 e. The Morgan fingerprint density at radius 3 is 2.52 bits per heavy atom. The molecule has 0 aliphatic carbocycles. The number of amides is 1. The Bertz CT molecular complexity index is 778. The number of rotatable bonds is 3. The van der Waals surface area contributed by atoms with Crippen molar-refractivity contribution in [1.29, 1.82) is 0 Å². The van der Waals surface area contributed by atoms with Crippen LogP contribution in [0.2, 0.25) is 0 Å². The number of aryl methyl sites for hydroxylation is 2. The Morgan fingerprint density at radius 1 is 1.29 bits per heavy atom. The molecule has 3 N–H and O–H groups in total. The van der Waals surface area contributed by atoms with Crippen LogP contribution in [0.3, 0.4) is 0 Å². The van der Waals surface area contributed by atoms with Crippen LogP contribution in [0.5, 0.6) is 11.6 Å². The molecule has 1 amide bonds. The third-order valence-electron chi connectivity index (χ3n) is 3.21. The fourth-order valence-corrected chi connectivity index (χ4v) is 2.22. The summed E-state index contributed by atoms with van der Waals surface area (Å²) in [7, 11) is 1.46. The van der Waals surface area contributed by atoms with Crippen LogP contribution in [-0.2, 0) is 0 Å². The van der Waals surface area contributed by atoms with Crippen LogP contribution >= 0.6 is 0 Å². The van der Waals surface area contributed by atoms with Crippen LogP contribution in [0.4, 0.5) is 0 Å². The molecular formula is C15H16N2O4. The summed E-state index contributed by atoms with van der Waals surface area (Å²) >= 11 is 0. The molecule has 6 heteroatoms. The van der Waals surface area contributed by atoms with Gasteiger partial charge < -0.3 is 15.6 Å². The number of nitrogens with zero attached hydrogens (tertiary/aromatic N) is 1. The third-order valence-corrected chi connectivity index (χ3v) is 3.21. The number of ether oxygens (including phenoxy) is 1. The van der Waals surface area contributed by atoms with Gasteiger partial charge in [-0.3, -0.25) is 9.59 Å². The van der Waals surface area contributed by atoms with Crippen LogP contribution in [0.1, 0.15) is 21.5 Å². The normalized spacial score (nSPS) is 10.4. The molecule has 2 rings (SSSR count). The molecule has 1 aromatic heterocycles. The first-order valence-electron chi connectivity index (χ1n) is 6.27. The zero-order valence-electron chi connectivity index (χ0n) is 12.0. The Labute approximate surface area is 121 Å². The van der Waals surface area contributed by atoms with Crippen LogP contribution in [0.15, 0.2) is 29.1 Å². The maximum atomic E-state index is 12.5. The van der Waals surface area contributed by atoms with Crippen molar-refractivity contribution in [3.05, 3.63) is 51.3 Å². The minimum atomic E-state index is -0.835. The van der Waals surface area contributed by atoms with E-state index in [1.165, 1.54) is 13.2 Å². The molecule has 0 aliphatic heterocycles. The van der Waals surface area contributed by atoms with E-state index in [0.717, 1.165) is 10.1 Å². The number of primary amides is 1. The number of carbonyl (C=O) groups excluding carboxylic acids is 1. The Morgan fingerprint density at radius 2 is 1.95 bits per heavy atom. The number of nitrogens with two attached hydrogens (primary N) is 1. The molecule has 0 aliphatic rings. The lowest BCUT2D eigenvalue weighted by Gasteiger charge is -2.15. The fraction of sp³-hybridized carbons (Fsp3) is 0.200. The van der Waals surface area contributed by atoms with Gasteiger partial charge in [-0.2, -0.15) is 0 Å². The summed E-state index contributed by atoms with van der Waals surface area (Å²) in [6.45, 7) is 3.38. The van der Waals surface area contributed by atoms with Crippen molar-refractivity contribution in [2.75, 3.05) is 7.11 Å². The van der Waals surface area contributed by atoms with Crippen molar-refractivity contribution in [1.82, 2.24) is 4.57 Å². The molecule has 0 unspecified atom stereocenters. The minimum absolute atomic E-state index is 0.156. The van der Waals surface area contributed by atoms with Gasteiger partial charge in [-0.15, -0.1) is 0 Å². The third kappa shape index (κ3) is 2.47. The lowest BCUT2D eigenvalue weighted by Crippen LogP contribution is -2.30. The topological polar surface area (TPSA) is 94.5 Å². The number of hydrogen-bond donors (Lipinski definition) is 2. The summed E-state index contributed by atoms with van der Waals surface area (Å²) in [6, 6.07) is 6.50. The van der Waals surface area contributed by atoms with E-state index in [2.05, 4.69) is 0 Å². The lowest BCUT2D eigenvalue weighted by molar-refractivity contribution is 0.0998. The summed E-state index contributed by atoms with van der Waals surface area (Å²) in [4.78, 5) is 23.9. The van der Waals surface area contributed by atoms with Crippen molar-refractivity contribution in [3.8, 4) is 17.3 Å². The number of aromatic nitrogens is 1. The van der Waals surface area contributed by atoms with Crippen LogP contribution in [-0.4, -0.2) is 22.7 Å². The number of benzene rings is 1. The fourth-order valence-electron chi connectivity index (χ4n) is 2.22. The van der Waals surface area contributed by atoms with E-state index in [0.29, 0.717) is 17.0 Å². The van der Waals surface area contributed by atoms with Crippen LogP contribution < -0.4 is 16.0 Å². The maximum absolute atomic E-state index is 12.5. The summed E-state index contributed by atoms with van der Waals surface area (Å²) in [6.07, 6.45) is 0. The Hall–Kier alpha value is -2.76. The molecule has 0 atom stereocenters. The Balaban J connectivity index is 2.88. The van der Waals surface area contributed by atoms with Gasteiger partial charge in [0.15, 0.2) is 5.88 Å². The standard InChI is InChI=1S/C15H16N2O4/c1-8-4-5-11(21-3)10(6-8)17-12(18)7-9(2)13(14(16)19)15(17)20/h4-7,18H,1-3H3,(H2,16,19). The molecule has 0 saturated carbocycles. The van der Waals surface area contributed by atoms with E-state index in [4.69, 9.17) is 10.5 Å². The van der Waals surface area contributed by atoms with E-state index in [-0.39, 0.29) is 11.4 Å². The van der Waals surface area contributed by atoms with Gasteiger partial charge in [0.1, 0.15) is 11.3 Å². The molecule has 0 fully saturated rings. The highest BCUT2D eigenvalue weighted by Gasteiger charge is 2.19. The second kappa shape index (κ2) is 5.32. The number of hydrogen-bond acceptors (Lipinski definition) is 4. The lowest BCUT2D eigenvalue weighted by atomic mass is 10.1. The van der Waals surface area contributed by atoms with Gasteiger partial charge in [0.05, 0.1) is 12.8 Å².